The highest BCUT2D eigenvalue weighted by molar-refractivity contribution is 5.69. The van der Waals surface area contributed by atoms with Gasteiger partial charge < -0.3 is 14.6 Å². The summed E-state index contributed by atoms with van der Waals surface area (Å²) in [5.41, 5.74) is 0. The van der Waals surface area contributed by atoms with Crippen LogP contribution in [0, 0.1) is 0 Å². The predicted molar refractivity (Wildman–Crippen MR) is 34.4 cm³/mol. The lowest BCUT2D eigenvalue weighted by atomic mass is 10.4. The quantitative estimate of drug-likeness (QED) is 0.333. The summed E-state index contributed by atoms with van der Waals surface area (Å²) in [4.78, 5) is 20.2. The Kier molecular flexibility index (Phi) is 5.10. The Morgan fingerprint density at radius 3 is 2.82 bits per heavy atom. The Hall–Kier alpha value is -1.10. The summed E-state index contributed by atoms with van der Waals surface area (Å²) in [7, 11) is 0. The van der Waals surface area contributed by atoms with Crippen molar-refractivity contribution >= 4 is 12.4 Å². The van der Waals surface area contributed by atoms with Crippen molar-refractivity contribution in [1.29, 1.82) is 0 Å². The molecule has 64 valence electrons. The Bertz CT molecular complexity index is 133. The second-order valence-corrected chi connectivity index (χ2v) is 1.70. The summed E-state index contributed by atoms with van der Waals surface area (Å²) in [6, 6.07) is 0. The van der Waals surface area contributed by atoms with Crippen LogP contribution < -0.4 is 0 Å². The highest BCUT2D eigenvalue weighted by Gasteiger charge is 2.10. The van der Waals surface area contributed by atoms with Gasteiger partial charge in [-0.1, -0.05) is 0 Å². The standard InChI is InChI=1S/C6H10O5/c1-2-10-5(8)3-6(9)11-4-7/h4,6,9H,2-3H2,1H3. The zero-order valence-corrected chi connectivity index (χ0v) is 6.15. The minimum atomic E-state index is -1.40. The van der Waals surface area contributed by atoms with Crippen molar-refractivity contribution in [3.63, 3.8) is 0 Å². The highest BCUT2D eigenvalue weighted by Crippen LogP contribution is 1.94. The van der Waals surface area contributed by atoms with E-state index < -0.39 is 12.3 Å². The minimum Gasteiger partial charge on any atom is -0.466 e. The van der Waals surface area contributed by atoms with Gasteiger partial charge in [-0.05, 0) is 6.92 Å². The van der Waals surface area contributed by atoms with E-state index in [1.54, 1.807) is 6.92 Å². The molecule has 0 aromatic rings. The second-order valence-electron chi connectivity index (χ2n) is 1.70. The topological polar surface area (TPSA) is 72.8 Å². The van der Waals surface area contributed by atoms with Crippen LogP contribution in [0.3, 0.4) is 0 Å². The van der Waals surface area contributed by atoms with E-state index in [1.165, 1.54) is 0 Å². The largest absolute Gasteiger partial charge is 0.466 e. The Balaban J connectivity index is 3.48. The smallest absolute Gasteiger partial charge is 0.312 e. The number of aliphatic hydroxyl groups excluding tert-OH is 1. The van der Waals surface area contributed by atoms with E-state index >= 15 is 0 Å². The number of hydrogen-bond acceptors (Lipinski definition) is 5. The summed E-state index contributed by atoms with van der Waals surface area (Å²) < 4.78 is 8.50. The lowest BCUT2D eigenvalue weighted by Gasteiger charge is -2.06. The van der Waals surface area contributed by atoms with E-state index in [9.17, 15) is 9.59 Å². The lowest BCUT2D eigenvalue weighted by molar-refractivity contribution is -0.163. The van der Waals surface area contributed by atoms with Gasteiger partial charge in [-0.2, -0.15) is 0 Å². The second kappa shape index (κ2) is 5.67. The molecule has 0 bridgehead atoms. The SMILES string of the molecule is CCOC(=O)CC(O)OC=O. The van der Waals surface area contributed by atoms with Crippen LogP contribution in [-0.4, -0.2) is 30.4 Å². The van der Waals surface area contributed by atoms with E-state index in [0.717, 1.165) is 0 Å². The summed E-state index contributed by atoms with van der Waals surface area (Å²) in [5, 5.41) is 8.69. The molecule has 0 saturated heterocycles. The molecular formula is C6H10O5. The van der Waals surface area contributed by atoms with Crippen molar-refractivity contribution in [3.05, 3.63) is 0 Å². The van der Waals surface area contributed by atoms with Gasteiger partial charge in [0.2, 0.25) is 6.29 Å². The highest BCUT2D eigenvalue weighted by atomic mass is 16.6. The molecule has 1 unspecified atom stereocenters. The van der Waals surface area contributed by atoms with E-state index in [0.29, 0.717) is 0 Å². The molecule has 0 aromatic carbocycles. The molecule has 0 heterocycles. The number of hydrogen-bond donors (Lipinski definition) is 1. The number of ether oxygens (including phenoxy) is 2. The molecule has 1 atom stereocenters. The van der Waals surface area contributed by atoms with Gasteiger partial charge in [0.15, 0.2) is 0 Å². The molecule has 1 N–H and O–H groups in total. The lowest BCUT2D eigenvalue weighted by Crippen LogP contribution is -2.18. The van der Waals surface area contributed by atoms with E-state index in [1.807, 2.05) is 0 Å². The zero-order valence-electron chi connectivity index (χ0n) is 6.15. The molecular weight excluding hydrogens is 152 g/mol. The predicted octanol–water partition coefficient (Wildman–Crippen LogP) is -0.569. The van der Waals surface area contributed by atoms with Crippen LogP contribution in [0.4, 0.5) is 0 Å². The van der Waals surface area contributed by atoms with Crippen LogP contribution in [0.25, 0.3) is 0 Å². The molecule has 0 rings (SSSR count). The van der Waals surface area contributed by atoms with Crippen LogP contribution in [0.1, 0.15) is 13.3 Å². The zero-order chi connectivity index (χ0) is 8.69. The number of rotatable bonds is 5. The van der Waals surface area contributed by atoms with Crippen molar-refractivity contribution < 1.29 is 24.2 Å². The van der Waals surface area contributed by atoms with Gasteiger partial charge in [-0.15, -0.1) is 0 Å². The van der Waals surface area contributed by atoms with Gasteiger partial charge in [0.25, 0.3) is 6.47 Å². The molecule has 5 heteroatoms. The number of aliphatic hydroxyl groups is 1. The van der Waals surface area contributed by atoms with Crippen LogP contribution in [0.2, 0.25) is 0 Å². The first kappa shape index (κ1) is 9.90. The van der Waals surface area contributed by atoms with Crippen LogP contribution in [0.15, 0.2) is 0 Å². The van der Waals surface area contributed by atoms with Gasteiger partial charge in [0, 0.05) is 0 Å². The fraction of sp³-hybridized carbons (Fsp3) is 0.667. The van der Waals surface area contributed by atoms with Crippen molar-refractivity contribution in [1.82, 2.24) is 0 Å². The summed E-state index contributed by atoms with van der Waals surface area (Å²) in [6.45, 7) is 1.96. The van der Waals surface area contributed by atoms with E-state index in [-0.39, 0.29) is 19.5 Å². The van der Waals surface area contributed by atoms with Crippen LogP contribution in [-0.2, 0) is 19.1 Å². The van der Waals surface area contributed by atoms with Crippen molar-refractivity contribution in [2.75, 3.05) is 6.61 Å². The minimum absolute atomic E-state index is 0.0733. The maximum Gasteiger partial charge on any atom is 0.312 e. The first-order valence-electron chi connectivity index (χ1n) is 3.13. The van der Waals surface area contributed by atoms with Crippen molar-refractivity contribution in [2.24, 2.45) is 0 Å². The van der Waals surface area contributed by atoms with Gasteiger partial charge in [-0.25, -0.2) is 0 Å². The van der Waals surface area contributed by atoms with Gasteiger partial charge in [0.05, 0.1) is 6.61 Å². The van der Waals surface area contributed by atoms with Gasteiger partial charge in [0.1, 0.15) is 6.42 Å². The van der Waals surface area contributed by atoms with Crippen molar-refractivity contribution in [3.8, 4) is 0 Å². The van der Waals surface area contributed by atoms with Crippen LogP contribution in [0.5, 0.6) is 0 Å². The maximum absolute atomic E-state index is 10.6. The molecule has 0 amide bonds. The first-order valence-corrected chi connectivity index (χ1v) is 3.13. The molecule has 0 fully saturated rings. The third kappa shape index (κ3) is 5.35. The fourth-order valence-electron chi connectivity index (χ4n) is 0.475. The molecule has 11 heavy (non-hydrogen) atoms. The third-order valence-corrected chi connectivity index (χ3v) is 0.859. The molecule has 0 aliphatic carbocycles. The number of esters is 1. The maximum atomic E-state index is 10.6. The molecule has 0 radical (unpaired) electrons. The molecule has 0 aromatic heterocycles. The first-order chi connectivity index (χ1) is 5.20. The molecule has 5 nitrogen and oxygen atoms in total. The molecule has 0 aliphatic rings. The summed E-state index contributed by atoms with van der Waals surface area (Å²) >= 11 is 0. The normalized spacial score (nSPS) is 11.8. The Labute approximate surface area is 63.9 Å². The Morgan fingerprint density at radius 2 is 2.36 bits per heavy atom. The van der Waals surface area contributed by atoms with Crippen molar-refractivity contribution in [2.45, 2.75) is 19.6 Å². The van der Waals surface area contributed by atoms with E-state index in [2.05, 4.69) is 9.47 Å². The average Bonchev–Trinajstić information content (AvgIpc) is 1.87. The molecule has 0 spiro atoms. The van der Waals surface area contributed by atoms with Gasteiger partial charge >= 0.3 is 5.97 Å². The van der Waals surface area contributed by atoms with Crippen LogP contribution >= 0.6 is 0 Å². The Morgan fingerprint density at radius 1 is 1.73 bits per heavy atom. The monoisotopic (exact) mass is 162 g/mol. The summed E-state index contributed by atoms with van der Waals surface area (Å²) in [5.74, 6) is -0.596. The summed E-state index contributed by atoms with van der Waals surface area (Å²) in [6.07, 6.45) is -1.72. The third-order valence-electron chi connectivity index (χ3n) is 0.859. The molecule has 0 aliphatic heterocycles. The number of carbonyl (C=O) groups is 2. The average molecular weight is 162 g/mol. The van der Waals surface area contributed by atoms with Gasteiger partial charge in [-0.3, -0.25) is 9.59 Å². The number of carbonyl (C=O) groups excluding carboxylic acids is 2. The van der Waals surface area contributed by atoms with E-state index in [4.69, 9.17) is 5.11 Å². The fourth-order valence-corrected chi connectivity index (χ4v) is 0.475. The molecule has 0 saturated carbocycles.